The van der Waals surface area contributed by atoms with E-state index < -0.39 is 6.04 Å². The van der Waals surface area contributed by atoms with Crippen molar-refractivity contribution in [2.24, 2.45) is 5.92 Å². The van der Waals surface area contributed by atoms with Gasteiger partial charge in [-0.15, -0.1) is 0 Å². The average molecular weight is 435 g/mol. The number of hydrogen-bond acceptors (Lipinski definition) is 4. The van der Waals surface area contributed by atoms with Crippen LogP contribution in [0.5, 0.6) is 11.5 Å². The van der Waals surface area contributed by atoms with Gasteiger partial charge in [-0.25, -0.2) is 0 Å². The van der Waals surface area contributed by atoms with Crippen LogP contribution < -0.4 is 20.1 Å². The Kier molecular flexibility index (Phi) is 7.71. The number of ether oxygens (including phenoxy) is 2. The molecule has 0 aliphatic rings. The maximum absolute atomic E-state index is 12.9. The highest BCUT2D eigenvalue weighted by atomic mass is 16.5. The molecule has 0 spiro atoms. The minimum absolute atomic E-state index is 0.0796. The quantitative estimate of drug-likeness (QED) is 0.534. The molecule has 0 aromatic heterocycles. The van der Waals surface area contributed by atoms with Crippen molar-refractivity contribution in [2.45, 2.75) is 26.3 Å². The molecule has 2 N–H and O–H groups in total. The van der Waals surface area contributed by atoms with E-state index in [-0.39, 0.29) is 17.7 Å². The molecule has 6 nitrogen and oxygen atoms in total. The van der Waals surface area contributed by atoms with Gasteiger partial charge in [-0.05, 0) is 40.8 Å². The van der Waals surface area contributed by atoms with Crippen LogP contribution in [0.4, 0.5) is 0 Å². The second kappa shape index (κ2) is 10.7. The Bertz CT molecular complexity index is 1070. The summed E-state index contributed by atoms with van der Waals surface area (Å²) >= 11 is 0. The Morgan fingerprint density at radius 1 is 0.906 bits per heavy atom. The molecule has 3 rings (SSSR count). The first kappa shape index (κ1) is 23.1. The number of amides is 2. The summed E-state index contributed by atoms with van der Waals surface area (Å²) in [4.78, 5) is 25.7. The van der Waals surface area contributed by atoms with Gasteiger partial charge in [-0.1, -0.05) is 56.3 Å². The van der Waals surface area contributed by atoms with E-state index in [1.807, 2.05) is 32.0 Å². The molecular formula is C26H30N2O4. The zero-order valence-corrected chi connectivity index (χ0v) is 19.0. The topological polar surface area (TPSA) is 76.7 Å². The SMILES string of the molecule is COc1cc(OC)cc(C(=O)NC(C(=O)NCCc2cccc3ccccc23)C(C)C)c1. The smallest absolute Gasteiger partial charge is 0.252 e. The van der Waals surface area contributed by atoms with Crippen molar-refractivity contribution in [3.63, 3.8) is 0 Å². The van der Waals surface area contributed by atoms with Crippen molar-refractivity contribution in [1.29, 1.82) is 0 Å². The summed E-state index contributed by atoms with van der Waals surface area (Å²) in [6.45, 7) is 4.29. The normalized spacial score (nSPS) is 11.8. The number of methoxy groups -OCH3 is 2. The van der Waals surface area contributed by atoms with Gasteiger partial charge >= 0.3 is 0 Å². The maximum Gasteiger partial charge on any atom is 0.252 e. The van der Waals surface area contributed by atoms with Gasteiger partial charge < -0.3 is 20.1 Å². The fourth-order valence-corrected chi connectivity index (χ4v) is 3.64. The van der Waals surface area contributed by atoms with Crippen molar-refractivity contribution in [3.05, 3.63) is 71.8 Å². The number of carbonyl (C=O) groups excluding carboxylic acids is 2. The van der Waals surface area contributed by atoms with Gasteiger partial charge in [0.2, 0.25) is 5.91 Å². The van der Waals surface area contributed by atoms with Crippen molar-refractivity contribution < 1.29 is 19.1 Å². The minimum atomic E-state index is -0.660. The van der Waals surface area contributed by atoms with Crippen molar-refractivity contribution in [3.8, 4) is 11.5 Å². The molecule has 1 atom stereocenters. The van der Waals surface area contributed by atoms with E-state index in [2.05, 4.69) is 34.9 Å². The van der Waals surface area contributed by atoms with E-state index in [1.165, 1.54) is 30.6 Å². The van der Waals surface area contributed by atoms with Crippen LogP contribution in [0.2, 0.25) is 0 Å². The lowest BCUT2D eigenvalue weighted by molar-refractivity contribution is -0.123. The van der Waals surface area contributed by atoms with Crippen LogP contribution in [0.3, 0.4) is 0 Å². The standard InChI is InChI=1S/C26H30N2O4/c1-17(2)24(28-25(29)20-14-21(31-3)16-22(15-20)32-4)26(30)27-13-12-19-10-7-9-18-8-5-6-11-23(18)19/h5-11,14-17,24H,12-13H2,1-4H3,(H,27,30)(H,28,29). The van der Waals surface area contributed by atoms with Gasteiger partial charge in [0.15, 0.2) is 0 Å². The van der Waals surface area contributed by atoms with Gasteiger partial charge in [0.25, 0.3) is 5.91 Å². The first-order chi connectivity index (χ1) is 15.4. The van der Waals surface area contributed by atoms with Crippen molar-refractivity contribution in [2.75, 3.05) is 20.8 Å². The number of rotatable bonds is 9. The van der Waals surface area contributed by atoms with Crippen LogP contribution in [0.1, 0.15) is 29.8 Å². The predicted octanol–water partition coefficient (Wildman–Crippen LogP) is 3.97. The van der Waals surface area contributed by atoms with E-state index in [0.29, 0.717) is 30.0 Å². The average Bonchev–Trinajstić information content (AvgIpc) is 2.81. The molecule has 0 fully saturated rings. The molecule has 168 valence electrons. The first-order valence-corrected chi connectivity index (χ1v) is 10.7. The number of carbonyl (C=O) groups is 2. The fourth-order valence-electron chi connectivity index (χ4n) is 3.64. The third-order valence-corrected chi connectivity index (χ3v) is 5.42. The maximum atomic E-state index is 12.9. The summed E-state index contributed by atoms with van der Waals surface area (Å²) in [5, 5.41) is 8.19. The third kappa shape index (κ3) is 5.58. The van der Waals surface area contributed by atoms with Crippen LogP contribution in [0, 0.1) is 5.92 Å². The number of fused-ring (bicyclic) bond motifs is 1. The molecule has 0 aliphatic heterocycles. The highest BCUT2D eigenvalue weighted by Gasteiger charge is 2.25. The molecular weight excluding hydrogens is 404 g/mol. The molecule has 0 saturated carbocycles. The zero-order chi connectivity index (χ0) is 23.1. The van der Waals surface area contributed by atoms with Crippen molar-refractivity contribution in [1.82, 2.24) is 10.6 Å². The molecule has 0 aliphatic carbocycles. The molecule has 3 aromatic rings. The summed E-state index contributed by atoms with van der Waals surface area (Å²) in [5.74, 6) is 0.378. The summed E-state index contributed by atoms with van der Waals surface area (Å²) in [6, 6.07) is 18.6. The molecule has 0 radical (unpaired) electrons. The minimum Gasteiger partial charge on any atom is -0.497 e. The molecule has 3 aromatic carbocycles. The van der Waals surface area contributed by atoms with E-state index in [4.69, 9.17) is 9.47 Å². The number of benzene rings is 3. The summed E-state index contributed by atoms with van der Waals surface area (Å²) < 4.78 is 10.5. The van der Waals surface area contributed by atoms with E-state index >= 15 is 0 Å². The van der Waals surface area contributed by atoms with Gasteiger partial charge in [0.05, 0.1) is 14.2 Å². The van der Waals surface area contributed by atoms with Gasteiger partial charge in [-0.3, -0.25) is 9.59 Å². The summed E-state index contributed by atoms with van der Waals surface area (Å²) in [5.41, 5.74) is 1.55. The van der Waals surface area contributed by atoms with Crippen LogP contribution in [0.25, 0.3) is 10.8 Å². The highest BCUT2D eigenvalue weighted by molar-refractivity contribution is 5.98. The summed E-state index contributed by atoms with van der Waals surface area (Å²) in [7, 11) is 3.05. The number of nitrogens with one attached hydrogen (secondary N) is 2. The number of hydrogen-bond donors (Lipinski definition) is 2. The predicted molar refractivity (Wildman–Crippen MR) is 126 cm³/mol. The van der Waals surface area contributed by atoms with Gasteiger partial charge in [0.1, 0.15) is 17.5 Å². The molecule has 32 heavy (non-hydrogen) atoms. The molecule has 2 amide bonds. The van der Waals surface area contributed by atoms with Crippen LogP contribution >= 0.6 is 0 Å². The molecule has 1 unspecified atom stereocenters. The van der Waals surface area contributed by atoms with Crippen molar-refractivity contribution >= 4 is 22.6 Å². The second-order valence-corrected chi connectivity index (χ2v) is 7.98. The lowest BCUT2D eigenvalue weighted by atomic mass is 10.0. The van der Waals surface area contributed by atoms with Gasteiger partial charge in [0, 0.05) is 18.2 Å². The largest absolute Gasteiger partial charge is 0.497 e. The van der Waals surface area contributed by atoms with E-state index in [9.17, 15) is 9.59 Å². The van der Waals surface area contributed by atoms with E-state index in [1.54, 1.807) is 18.2 Å². The Morgan fingerprint density at radius 3 is 2.22 bits per heavy atom. The van der Waals surface area contributed by atoms with Crippen LogP contribution in [-0.2, 0) is 11.2 Å². The Hall–Kier alpha value is -3.54. The monoisotopic (exact) mass is 434 g/mol. The van der Waals surface area contributed by atoms with E-state index in [0.717, 1.165) is 0 Å². The lowest BCUT2D eigenvalue weighted by Crippen LogP contribution is -2.50. The second-order valence-electron chi connectivity index (χ2n) is 7.98. The fraction of sp³-hybridized carbons (Fsp3) is 0.308. The Morgan fingerprint density at radius 2 is 1.56 bits per heavy atom. The zero-order valence-electron chi connectivity index (χ0n) is 19.0. The Balaban J connectivity index is 1.65. The third-order valence-electron chi connectivity index (χ3n) is 5.42. The molecule has 0 bridgehead atoms. The molecule has 0 heterocycles. The molecule has 0 saturated heterocycles. The molecule has 6 heteroatoms. The first-order valence-electron chi connectivity index (χ1n) is 10.7. The summed E-state index contributed by atoms with van der Waals surface area (Å²) in [6.07, 6.45) is 0.707. The van der Waals surface area contributed by atoms with Crippen LogP contribution in [-0.4, -0.2) is 38.6 Å². The van der Waals surface area contributed by atoms with Gasteiger partial charge in [-0.2, -0.15) is 0 Å². The van der Waals surface area contributed by atoms with Crippen LogP contribution in [0.15, 0.2) is 60.7 Å². The lowest BCUT2D eigenvalue weighted by Gasteiger charge is -2.22. The highest BCUT2D eigenvalue weighted by Crippen LogP contribution is 2.23. The Labute approximate surface area is 188 Å².